The van der Waals surface area contributed by atoms with E-state index in [2.05, 4.69) is 105 Å². The van der Waals surface area contributed by atoms with E-state index >= 15 is 0 Å². The normalized spacial score (nSPS) is 13.1. The molecule has 3 aromatic heterocycles. The molecule has 11 rings (SSSR count). The molecule has 0 atom stereocenters. The predicted octanol–water partition coefficient (Wildman–Crippen LogP) is 13.5. The number of aromatic nitrogens is 4. The average Bonchev–Trinajstić information content (AvgIpc) is 3.94. The van der Waals surface area contributed by atoms with Crippen LogP contribution in [0.4, 0.5) is 0 Å². The van der Waals surface area contributed by atoms with Crippen molar-refractivity contribution >= 4 is 53.1 Å². The quantitative estimate of drug-likeness (QED) is 0.176. The second-order valence-electron chi connectivity index (χ2n) is 14.7. The first-order valence-corrected chi connectivity index (χ1v) is 20.1. The van der Waals surface area contributed by atoms with Gasteiger partial charge in [0.25, 0.3) is 0 Å². The summed E-state index contributed by atoms with van der Waals surface area (Å²) in [5.41, 5.74) is 16.0. The Morgan fingerprint density at radius 2 is 1.00 bits per heavy atom. The molecule has 0 fully saturated rings. The van der Waals surface area contributed by atoms with E-state index in [1.165, 1.54) is 63.8 Å². The van der Waals surface area contributed by atoms with E-state index in [1.807, 2.05) is 77.5 Å². The van der Waals surface area contributed by atoms with Crippen molar-refractivity contribution < 1.29 is 0 Å². The molecule has 0 spiro atoms. The summed E-state index contributed by atoms with van der Waals surface area (Å²) in [6, 6.07) is 53.9. The van der Waals surface area contributed by atoms with Crippen molar-refractivity contribution in [3.8, 4) is 67.5 Å². The first-order valence-electron chi connectivity index (χ1n) is 18.5. The van der Waals surface area contributed by atoms with Crippen LogP contribution < -0.4 is 0 Å². The molecule has 3 heterocycles. The van der Waals surface area contributed by atoms with Crippen LogP contribution in [-0.4, -0.2) is 19.9 Å². The van der Waals surface area contributed by atoms with Crippen LogP contribution in [0.25, 0.3) is 97.9 Å². The zero-order valence-electron chi connectivity index (χ0n) is 30.1. The third kappa shape index (κ3) is 5.09. The Labute approximate surface area is 326 Å². The van der Waals surface area contributed by atoms with E-state index < -0.39 is 0 Å². The minimum Gasteiger partial charge on any atom is -0.244 e. The molecule has 6 heteroatoms. The molecule has 0 saturated heterocycles. The van der Waals surface area contributed by atoms with Crippen molar-refractivity contribution in [2.24, 2.45) is 0 Å². The molecular formula is C49H32N4S2. The fraction of sp³-hybridized carbons (Fsp3) is 0.0612. The first-order chi connectivity index (χ1) is 27.0. The van der Waals surface area contributed by atoms with Crippen molar-refractivity contribution in [1.82, 2.24) is 19.9 Å². The number of nitrogens with zero attached hydrogens (tertiary/aromatic N) is 4. The number of hydrogen-bond donors (Lipinski definition) is 0. The lowest BCUT2D eigenvalue weighted by molar-refractivity contribution is 0.665. The molecule has 0 N–H and O–H groups in total. The molecule has 10 aromatic rings. The molecule has 1 aliphatic carbocycles. The highest BCUT2D eigenvalue weighted by molar-refractivity contribution is 7.26. The van der Waals surface area contributed by atoms with Gasteiger partial charge in [-0.2, -0.15) is 0 Å². The van der Waals surface area contributed by atoms with Gasteiger partial charge in [-0.1, -0.05) is 147 Å². The second kappa shape index (κ2) is 12.4. The topological polar surface area (TPSA) is 51.6 Å². The summed E-state index contributed by atoms with van der Waals surface area (Å²) < 4.78 is 3.82. The number of thiazole rings is 1. The van der Waals surface area contributed by atoms with Crippen LogP contribution >= 0.6 is 22.7 Å². The van der Waals surface area contributed by atoms with Gasteiger partial charge in [-0.05, 0) is 62.7 Å². The molecule has 55 heavy (non-hydrogen) atoms. The fourth-order valence-electron chi connectivity index (χ4n) is 8.43. The molecule has 7 aromatic carbocycles. The number of rotatable bonds is 5. The summed E-state index contributed by atoms with van der Waals surface area (Å²) in [6.45, 7) is 4.70. The van der Waals surface area contributed by atoms with Crippen molar-refractivity contribution in [3.63, 3.8) is 0 Å². The van der Waals surface area contributed by atoms with Crippen LogP contribution in [0.1, 0.15) is 25.0 Å². The van der Waals surface area contributed by atoms with Crippen LogP contribution in [-0.2, 0) is 5.41 Å². The molecule has 0 saturated carbocycles. The minimum atomic E-state index is -0.150. The van der Waals surface area contributed by atoms with Gasteiger partial charge in [-0.15, -0.1) is 22.7 Å². The molecule has 0 unspecified atom stereocenters. The van der Waals surface area contributed by atoms with Gasteiger partial charge in [0.2, 0.25) is 0 Å². The standard InChI is InChI=1S/C49H32N4S2/c1-49(2)40-27-32(22-23-36(40)37-24-25-41-43(42(37)49)50-28-54-41)35-19-11-21-39-38-20-10-18-34(44(38)55-45(35)39)31-16-9-17-33(26-31)48-52-46(29-12-5-3-6-13-29)51-47(53-48)30-14-7-4-8-15-30/h3-28H,1-2H3. The monoisotopic (exact) mass is 740 g/mol. The third-order valence-corrected chi connectivity index (χ3v) is 13.2. The first kappa shape index (κ1) is 32.1. The maximum absolute atomic E-state index is 5.01. The molecule has 260 valence electrons. The minimum absolute atomic E-state index is 0.150. The fourth-order valence-corrected chi connectivity index (χ4v) is 10.5. The summed E-state index contributed by atoms with van der Waals surface area (Å²) in [5, 5.41) is 2.54. The summed E-state index contributed by atoms with van der Waals surface area (Å²) >= 11 is 3.60. The molecule has 0 amide bonds. The third-order valence-electron chi connectivity index (χ3n) is 11.1. The maximum atomic E-state index is 5.01. The zero-order chi connectivity index (χ0) is 36.7. The van der Waals surface area contributed by atoms with Crippen molar-refractivity contribution in [2.45, 2.75) is 19.3 Å². The molecule has 4 nitrogen and oxygen atoms in total. The van der Waals surface area contributed by atoms with Gasteiger partial charge in [0.1, 0.15) is 0 Å². The predicted molar refractivity (Wildman–Crippen MR) is 231 cm³/mol. The lowest BCUT2D eigenvalue weighted by atomic mass is 9.81. The van der Waals surface area contributed by atoms with Crippen LogP contribution in [0.15, 0.2) is 157 Å². The Bertz CT molecular complexity index is 3070. The van der Waals surface area contributed by atoms with E-state index in [0.29, 0.717) is 17.5 Å². The summed E-state index contributed by atoms with van der Waals surface area (Å²) in [4.78, 5) is 19.7. The van der Waals surface area contributed by atoms with Gasteiger partial charge in [0, 0.05) is 42.3 Å². The average molecular weight is 741 g/mol. The van der Waals surface area contributed by atoms with Crippen LogP contribution in [0.3, 0.4) is 0 Å². The Balaban J connectivity index is 1.03. The van der Waals surface area contributed by atoms with Crippen molar-refractivity contribution in [2.75, 3.05) is 0 Å². The van der Waals surface area contributed by atoms with Gasteiger partial charge < -0.3 is 0 Å². The van der Waals surface area contributed by atoms with Crippen molar-refractivity contribution in [1.29, 1.82) is 0 Å². The number of fused-ring (bicyclic) bond motifs is 8. The molecule has 0 radical (unpaired) electrons. The summed E-state index contributed by atoms with van der Waals surface area (Å²) in [6.07, 6.45) is 0. The lowest BCUT2D eigenvalue weighted by Crippen LogP contribution is -2.15. The Morgan fingerprint density at radius 3 is 1.65 bits per heavy atom. The van der Waals surface area contributed by atoms with Gasteiger partial charge in [-0.3, -0.25) is 0 Å². The Morgan fingerprint density at radius 1 is 0.455 bits per heavy atom. The number of benzene rings is 7. The molecular weight excluding hydrogens is 709 g/mol. The summed E-state index contributed by atoms with van der Waals surface area (Å²) in [5.74, 6) is 1.96. The van der Waals surface area contributed by atoms with Gasteiger partial charge >= 0.3 is 0 Å². The van der Waals surface area contributed by atoms with Gasteiger partial charge in [0.05, 0.1) is 15.7 Å². The van der Waals surface area contributed by atoms with E-state index in [9.17, 15) is 0 Å². The highest BCUT2D eigenvalue weighted by Gasteiger charge is 2.38. The van der Waals surface area contributed by atoms with Crippen LogP contribution in [0, 0.1) is 0 Å². The second-order valence-corrected chi connectivity index (χ2v) is 16.6. The van der Waals surface area contributed by atoms with E-state index in [1.54, 1.807) is 11.3 Å². The highest BCUT2D eigenvalue weighted by atomic mass is 32.1. The highest BCUT2D eigenvalue weighted by Crippen LogP contribution is 2.53. The van der Waals surface area contributed by atoms with E-state index in [0.717, 1.165) is 27.8 Å². The molecule has 0 bridgehead atoms. The van der Waals surface area contributed by atoms with Crippen LogP contribution in [0.2, 0.25) is 0 Å². The number of thiophene rings is 1. The summed E-state index contributed by atoms with van der Waals surface area (Å²) in [7, 11) is 0. The Hall–Kier alpha value is -6.34. The van der Waals surface area contributed by atoms with Gasteiger partial charge in [0.15, 0.2) is 17.5 Å². The smallest absolute Gasteiger partial charge is 0.164 e. The van der Waals surface area contributed by atoms with E-state index in [-0.39, 0.29) is 5.41 Å². The lowest BCUT2D eigenvalue weighted by Gasteiger charge is -2.22. The van der Waals surface area contributed by atoms with Crippen LogP contribution in [0.5, 0.6) is 0 Å². The van der Waals surface area contributed by atoms with Crippen molar-refractivity contribution in [3.05, 3.63) is 168 Å². The maximum Gasteiger partial charge on any atom is 0.164 e. The largest absolute Gasteiger partial charge is 0.244 e. The van der Waals surface area contributed by atoms with E-state index in [4.69, 9.17) is 19.9 Å². The molecule has 0 aliphatic heterocycles. The number of hydrogen-bond acceptors (Lipinski definition) is 6. The Kier molecular flexibility index (Phi) is 7.21. The zero-order valence-corrected chi connectivity index (χ0v) is 31.7. The van der Waals surface area contributed by atoms with Gasteiger partial charge in [-0.25, -0.2) is 19.9 Å². The molecule has 1 aliphatic rings. The SMILES string of the molecule is CC1(C)c2cc(-c3cccc4c3sc3c(-c5cccc(-c6nc(-c7ccccc7)nc(-c7ccccc7)n6)c5)cccc34)ccc2-c2ccc3scnc3c21.